The summed E-state index contributed by atoms with van der Waals surface area (Å²) in [6, 6.07) is 21.3. The number of guanidine groups is 1. The summed E-state index contributed by atoms with van der Waals surface area (Å²) in [4.78, 5) is 13.6. The van der Waals surface area contributed by atoms with Gasteiger partial charge in [0.1, 0.15) is 5.82 Å². The zero-order valence-corrected chi connectivity index (χ0v) is 16.4. The fourth-order valence-electron chi connectivity index (χ4n) is 3.73. The van der Waals surface area contributed by atoms with E-state index in [9.17, 15) is 0 Å². The van der Waals surface area contributed by atoms with Crippen LogP contribution in [0.1, 0.15) is 5.56 Å². The van der Waals surface area contributed by atoms with Crippen LogP contribution in [0.2, 0.25) is 0 Å². The van der Waals surface area contributed by atoms with Crippen molar-refractivity contribution in [3.63, 3.8) is 0 Å². The van der Waals surface area contributed by atoms with Crippen LogP contribution in [-0.2, 0) is 6.42 Å². The molecule has 1 aliphatic heterocycles. The standard InChI is InChI=1S/C23H27N5/c1-24-23(28-16-14-27(15-17-28)22-8-4-5-12-25-22)26-13-11-19-9-10-20-6-2-3-7-21(20)18-19/h2-10,12,18H,11,13-17H2,1H3,(H,24,26). The Hall–Kier alpha value is -3.08. The number of pyridine rings is 1. The van der Waals surface area contributed by atoms with Crippen molar-refractivity contribution in [1.29, 1.82) is 0 Å². The van der Waals surface area contributed by atoms with Gasteiger partial charge in [0, 0.05) is 46.0 Å². The number of nitrogens with one attached hydrogen (secondary N) is 1. The number of fused-ring (bicyclic) bond motifs is 1. The Morgan fingerprint density at radius 2 is 1.75 bits per heavy atom. The second kappa shape index (κ2) is 8.74. The van der Waals surface area contributed by atoms with Gasteiger partial charge in [-0.1, -0.05) is 48.5 Å². The molecule has 1 N–H and O–H groups in total. The minimum atomic E-state index is 0.880. The molecule has 0 atom stereocenters. The van der Waals surface area contributed by atoms with Crippen LogP contribution in [0, 0.1) is 0 Å². The molecule has 0 radical (unpaired) electrons. The predicted octanol–water partition coefficient (Wildman–Crippen LogP) is 3.17. The Morgan fingerprint density at radius 3 is 2.50 bits per heavy atom. The van der Waals surface area contributed by atoms with Gasteiger partial charge in [0.2, 0.25) is 0 Å². The first-order valence-electron chi connectivity index (χ1n) is 9.93. The van der Waals surface area contributed by atoms with E-state index in [0.717, 1.165) is 50.9 Å². The number of hydrogen-bond acceptors (Lipinski definition) is 3. The van der Waals surface area contributed by atoms with E-state index >= 15 is 0 Å². The van der Waals surface area contributed by atoms with Crippen LogP contribution in [0.5, 0.6) is 0 Å². The molecule has 28 heavy (non-hydrogen) atoms. The Bertz CT molecular complexity index is 930. The predicted molar refractivity (Wildman–Crippen MR) is 117 cm³/mol. The molecule has 5 nitrogen and oxygen atoms in total. The molecule has 2 heterocycles. The number of anilines is 1. The van der Waals surface area contributed by atoms with E-state index in [1.54, 1.807) is 0 Å². The largest absolute Gasteiger partial charge is 0.356 e. The highest BCUT2D eigenvalue weighted by molar-refractivity contribution is 5.83. The third-order valence-electron chi connectivity index (χ3n) is 5.27. The van der Waals surface area contributed by atoms with Crippen LogP contribution in [0.4, 0.5) is 5.82 Å². The number of aromatic nitrogens is 1. The molecular formula is C23H27N5. The molecule has 2 aromatic carbocycles. The van der Waals surface area contributed by atoms with E-state index in [0.29, 0.717) is 0 Å². The Morgan fingerprint density at radius 1 is 0.964 bits per heavy atom. The highest BCUT2D eigenvalue weighted by atomic mass is 15.4. The number of benzene rings is 2. The average Bonchev–Trinajstić information content (AvgIpc) is 2.77. The minimum absolute atomic E-state index is 0.880. The topological polar surface area (TPSA) is 43.8 Å². The van der Waals surface area contributed by atoms with Crippen LogP contribution < -0.4 is 10.2 Å². The molecule has 3 aromatic rings. The maximum atomic E-state index is 4.49. The van der Waals surface area contributed by atoms with Crippen LogP contribution in [0.15, 0.2) is 71.9 Å². The fourth-order valence-corrected chi connectivity index (χ4v) is 3.73. The van der Waals surface area contributed by atoms with E-state index in [1.807, 2.05) is 25.4 Å². The molecule has 0 bridgehead atoms. The SMILES string of the molecule is CN=C(NCCc1ccc2ccccc2c1)N1CCN(c2ccccn2)CC1. The van der Waals surface area contributed by atoms with Gasteiger partial charge in [-0.05, 0) is 34.9 Å². The van der Waals surface area contributed by atoms with E-state index in [1.165, 1.54) is 16.3 Å². The van der Waals surface area contributed by atoms with Gasteiger partial charge in [-0.3, -0.25) is 4.99 Å². The maximum Gasteiger partial charge on any atom is 0.193 e. The lowest BCUT2D eigenvalue weighted by molar-refractivity contribution is 0.372. The molecule has 0 amide bonds. The molecule has 0 saturated carbocycles. The lowest BCUT2D eigenvalue weighted by Crippen LogP contribution is -2.53. The molecule has 0 unspecified atom stereocenters. The van der Waals surface area contributed by atoms with Crippen molar-refractivity contribution in [1.82, 2.24) is 15.2 Å². The third-order valence-corrected chi connectivity index (χ3v) is 5.27. The van der Waals surface area contributed by atoms with Gasteiger partial charge in [0.25, 0.3) is 0 Å². The lowest BCUT2D eigenvalue weighted by Gasteiger charge is -2.37. The maximum absolute atomic E-state index is 4.49. The number of nitrogens with zero attached hydrogens (tertiary/aromatic N) is 4. The summed E-state index contributed by atoms with van der Waals surface area (Å²) >= 11 is 0. The minimum Gasteiger partial charge on any atom is -0.356 e. The van der Waals surface area contributed by atoms with E-state index in [4.69, 9.17) is 0 Å². The van der Waals surface area contributed by atoms with Crippen LogP contribution in [0.3, 0.4) is 0 Å². The van der Waals surface area contributed by atoms with Crippen molar-refractivity contribution >= 4 is 22.5 Å². The second-order valence-electron chi connectivity index (χ2n) is 7.07. The van der Waals surface area contributed by atoms with Gasteiger partial charge < -0.3 is 15.1 Å². The molecule has 1 aromatic heterocycles. The fraction of sp³-hybridized carbons (Fsp3) is 0.304. The van der Waals surface area contributed by atoms with Gasteiger partial charge in [-0.15, -0.1) is 0 Å². The number of piperazine rings is 1. The van der Waals surface area contributed by atoms with Gasteiger partial charge in [0.15, 0.2) is 5.96 Å². The smallest absolute Gasteiger partial charge is 0.193 e. The molecule has 5 heteroatoms. The van der Waals surface area contributed by atoms with Crippen LogP contribution >= 0.6 is 0 Å². The molecule has 144 valence electrons. The van der Waals surface area contributed by atoms with Gasteiger partial charge >= 0.3 is 0 Å². The first-order valence-corrected chi connectivity index (χ1v) is 9.93. The van der Waals surface area contributed by atoms with Gasteiger partial charge in [-0.25, -0.2) is 4.98 Å². The number of aliphatic imine (C=N–C) groups is 1. The monoisotopic (exact) mass is 373 g/mol. The highest BCUT2D eigenvalue weighted by Crippen LogP contribution is 2.16. The number of hydrogen-bond donors (Lipinski definition) is 1. The van der Waals surface area contributed by atoms with E-state index < -0.39 is 0 Å². The van der Waals surface area contributed by atoms with E-state index in [2.05, 4.69) is 73.6 Å². The van der Waals surface area contributed by atoms with Crippen LogP contribution in [-0.4, -0.2) is 55.6 Å². The molecule has 0 aliphatic carbocycles. The first-order chi connectivity index (χ1) is 13.8. The van der Waals surface area contributed by atoms with E-state index in [-0.39, 0.29) is 0 Å². The van der Waals surface area contributed by atoms with Gasteiger partial charge in [-0.2, -0.15) is 0 Å². The quantitative estimate of drug-likeness (QED) is 0.564. The highest BCUT2D eigenvalue weighted by Gasteiger charge is 2.20. The van der Waals surface area contributed by atoms with Crippen molar-refractivity contribution in [3.8, 4) is 0 Å². The summed E-state index contributed by atoms with van der Waals surface area (Å²) in [5, 5.41) is 6.13. The van der Waals surface area contributed by atoms with Crippen molar-refractivity contribution in [2.45, 2.75) is 6.42 Å². The zero-order chi connectivity index (χ0) is 19.2. The Kier molecular flexibility index (Phi) is 5.71. The summed E-state index contributed by atoms with van der Waals surface area (Å²) in [5.74, 6) is 2.04. The molecule has 1 aliphatic rings. The van der Waals surface area contributed by atoms with Gasteiger partial charge in [0.05, 0.1) is 0 Å². The van der Waals surface area contributed by atoms with Crippen molar-refractivity contribution in [3.05, 3.63) is 72.4 Å². The summed E-state index contributed by atoms with van der Waals surface area (Å²) in [6.07, 6.45) is 2.84. The van der Waals surface area contributed by atoms with Crippen molar-refractivity contribution in [2.75, 3.05) is 44.7 Å². The molecule has 1 fully saturated rings. The number of rotatable bonds is 4. The average molecular weight is 374 g/mol. The second-order valence-corrected chi connectivity index (χ2v) is 7.07. The Labute approximate surface area is 166 Å². The molecule has 1 saturated heterocycles. The van der Waals surface area contributed by atoms with Crippen molar-refractivity contribution in [2.24, 2.45) is 4.99 Å². The summed E-state index contributed by atoms with van der Waals surface area (Å²) in [6.45, 7) is 4.70. The summed E-state index contributed by atoms with van der Waals surface area (Å²) in [7, 11) is 1.86. The lowest BCUT2D eigenvalue weighted by atomic mass is 10.1. The first kappa shape index (κ1) is 18.3. The molecular weight excluding hydrogens is 346 g/mol. The summed E-state index contributed by atoms with van der Waals surface area (Å²) in [5.41, 5.74) is 1.35. The Balaban J connectivity index is 1.29. The normalized spacial score (nSPS) is 15.1. The molecule has 0 spiro atoms. The third kappa shape index (κ3) is 4.25. The van der Waals surface area contributed by atoms with Crippen molar-refractivity contribution < 1.29 is 0 Å². The van der Waals surface area contributed by atoms with Crippen LogP contribution in [0.25, 0.3) is 10.8 Å². The summed E-state index contributed by atoms with van der Waals surface area (Å²) < 4.78 is 0. The molecule has 4 rings (SSSR count). The zero-order valence-electron chi connectivity index (χ0n) is 16.4.